The van der Waals surface area contributed by atoms with Crippen molar-refractivity contribution in [2.45, 2.75) is 11.8 Å². The van der Waals surface area contributed by atoms with Crippen LogP contribution in [0.1, 0.15) is 5.56 Å². The van der Waals surface area contributed by atoms with E-state index < -0.39 is 26.5 Å². The van der Waals surface area contributed by atoms with Crippen molar-refractivity contribution in [3.63, 3.8) is 0 Å². The minimum absolute atomic E-state index is 0.0920. The summed E-state index contributed by atoms with van der Waals surface area (Å²) in [7, 11) is -3.90. The maximum atomic E-state index is 13.5. The lowest BCUT2D eigenvalue weighted by atomic mass is 10.2. The molecule has 1 aromatic carbocycles. The van der Waals surface area contributed by atoms with E-state index in [0.29, 0.717) is 11.5 Å². The van der Waals surface area contributed by atoms with E-state index in [4.69, 9.17) is 0 Å². The summed E-state index contributed by atoms with van der Waals surface area (Å²) in [5.41, 5.74) is -0.943. The van der Waals surface area contributed by atoms with E-state index in [1.165, 1.54) is 18.7 Å². The summed E-state index contributed by atoms with van der Waals surface area (Å²) >= 11 is 1.49. The highest BCUT2D eigenvalue weighted by Crippen LogP contribution is 2.24. The van der Waals surface area contributed by atoms with Crippen molar-refractivity contribution in [3.8, 4) is 0 Å². The Hall–Kier alpha value is -1.45. The molecular weight excluding hydrogens is 319 g/mol. The summed E-state index contributed by atoms with van der Waals surface area (Å²) in [6.07, 6.45) is 1.70. The Bertz CT molecular complexity index is 647. The number of nitrogens with one attached hydrogen (secondary N) is 1. The van der Waals surface area contributed by atoms with Crippen LogP contribution in [-0.4, -0.2) is 31.4 Å². The summed E-state index contributed by atoms with van der Waals surface area (Å²) in [5, 5.41) is 10.7. The number of nitrogens with zero attached hydrogens (tertiary/aromatic N) is 1. The van der Waals surface area contributed by atoms with Crippen LogP contribution in [0.5, 0.6) is 0 Å². The zero-order valence-corrected chi connectivity index (χ0v) is 13.0. The van der Waals surface area contributed by atoms with Crippen molar-refractivity contribution >= 4 is 27.5 Å². The molecule has 0 aliphatic carbocycles. The number of hydrogen-bond donors (Lipinski definition) is 1. The number of nitro groups is 1. The quantitative estimate of drug-likeness (QED) is 0.341. The average Bonchev–Trinajstić information content (AvgIpc) is 2.40. The molecule has 0 amide bonds. The second-order valence-electron chi connectivity index (χ2n) is 4.09. The molecule has 0 heterocycles. The molecule has 0 aromatic heterocycles. The zero-order valence-electron chi connectivity index (χ0n) is 11.3. The predicted molar refractivity (Wildman–Crippen MR) is 80.5 cm³/mol. The average molecular weight is 334 g/mol. The van der Waals surface area contributed by atoms with Crippen molar-refractivity contribution in [1.29, 1.82) is 0 Å². The van der Waals surface area contributed by atoms with Crippen LogP contribution in [-0.2, 0) is 10.0 Å². The van der Waals surface area contributed by atoms with Gasteiger partial charge in [-0.2, -0.15) is 16.2 Å². The van der Waals surface area contributed by atoms with E-state index in [-0.39, 0.29) is 17.0 Å². The molecule has 9 heteroatoms. The molecule has 0 saturated heterocycles. The van der Waals surface area contributed by atoms with Gasteiger partial charge in [0.05, 0.1) is 9.82 Å². The van der Waals surface area contributed by atoms with Gasteiger partial charge in [-0.15, -0.1) is 6.58 Å². The summed E-state index contributed by atoms with van der Waals surface area (Å²) in [5.74, 6) is 0.205. The number of nitro benzene ring substituents is 1. The molecule has 0 fully saturated rings. The van der Waals surface area contributed by atoms with E-state index in [1.807, 2.05) is 0 Å². The molecule has 0 saturated carbocycles. The normalized spacial score (nSPS) is 11.3. The van der Waals surface area contributed by atoms with Gasteiger partial charge in [0.25, 0.3) is 0 Å². The van der Waals surface area contributed by atoms with Crippen LogP contribution in [0.2, 0.25) is 0 Å². The van der Waals surface area contributed by atoms with Gasteiger partial charge in [0.2, 0.25) is 15.8 Å². The molecule has 1 aromatic rings. The second-order valence-corrected chi connectivity index (χ2v) is 7.01. The van der Waals surface area contributed by atoms with E-state index in [0.717, 1.165) is 12.1 Å². The number of aryl methyl sites for hydroxylation is 1. The maximum Gasteiger partial charge on any atom is 0.306 e. The molecule has 0 aliphatic heterocycles. The summed E-state index contributed by atoms with van der Waals surface area (Å²) in [6.45, 7) is 4.99. The Morgan fingerprint density at radius 2 is 2.19 bits per heavy atom. The first kappa shape index (κ1) is 17.6. The molecule has 0 spiro atoms. The SMILES string of the molecule is C=CCSCCNS(=O)(=O)c1cc(C)c(F)c([N+](=O)[O-])c1. The first-order valence-corrected chi connectivity index (χ1v) is 8.56. The number of rotatable bonds is 8. The Balaban J connectivity index is 2.93. The van der Waals surface area contributed by atoms with Crippen LogP contribution in [0.25, 0.3) is 0 Å². The molecule has 116 valence electrons. The smallest absolute Gasteiger partial charge is 0.258 e. The maximum absolute atomic E-state index is 13.5. The lowest BCUT2D eigenvalue weighted by molar-refractivity contribution is -0.387. The van der Waals surface area contributed by atoms with Crippen LogP contribution in [0.4, 0.5) is 10.1 Å². The van der Waals surface area contributed by atoms with Gasteiger partial charge in [-0.1, -0.05) is 6.08 Å². The first-order valence-electron chi connectivity index (χ1n) is 5.92. The number of thioether (sulfide) groups is 1. The fourth-order valence-electron chi connectivity index (χ4n) is 1.50. The van der Waals surface area contributed by atoms with Gasteiger partial charge in [-0.25, -0.2) is 13.1 Å². The van der Waals surface area contributed by atoms with Gasteiger partial charge in [0, 0.05) is 24.1 Å². The van der Waals surface area contributed by atoms with Gasteiger partial charge >= 0.3 is 5.69 Å². The summed E-state index contributed by atoms with van der Waals surface area (Å²) in [6, 6.07) is 1.79. The fourth-order valence-corrected chi connectivity index (χ4v) is 3.35. The Labute approximate surface area is 126 Å². The molecule has 1 N–H and O–H groups in total. The van der Waals surface area contributed by atoms with Crippen LogP contribution >= 0.6 is 11.8 Å². The third-order valence-electron chi connectivity index (χ3n) is 2.49. The molecular formula is C12H15FN2O4S2. The lowest BCUT2D eigenvalue weighted by Crippen LogP contribution is -2.26. The number of hydrogen-bond acceptors (Lipinski definition) is 5. The zero-order chi connectivity index (χ0) is 16.0. The Morgan fingerprint density at radius 3 is 2.76 bits per heavy atom. The highest BCUT2D eigenvalue weighted by atomic mass is 32.2. The minimum Gasteiger partial charge on any atom is -0.258 e. The molecule has 21 heavy (non-hydrogen) atoms. The van der Waals surface area contributed by atoms with Crippen LogP contribution in [0, 0.1) is 22.9 Å². The highest BCUT2D eigenvalue weighted by molar-refractivity contribution is 7.99. The largest absolute Gasteiger partial charge is 0.306 e. The standard InChI is InChI=1S/C12H15FN2O4S2/c1-3-5-20-6-4-14-21(18,19)10-7-9(2)12(13)11(8-10)15(16)17/h3,7-8,14H,1,4-6H2,2H3. The first-order chi connectivity index (χ1) is 9.79. The van der Waals surface area contributed by atoms with Gasteiger partial charge in [0.1, 0.15) is 0 Å². The second kappa shape index (κ2) is 7.53. The molecule has 1 rings (SSSR count). The van der Waals surface area contributed by atoms with Crippen LogP contribution in [0.3, 0.4) is 0 Å². The number of benzene rings is 1. The van der Waals surface area contributed by atoms with Gasteiger partial charge < -0.3 is 0 Å². The number of halogens is 1. The van der Waals surface area contributed by atoms with E-state index in [1.54, 1.807) is 6.08 Å². The number of sulfonamides is 1. The van der Waals surface area contributed by atoms with E-state index >= 15 is 0 Å². The van der Waals surface area contributed by atoms with E-state index in [9.17, 15) is 22.9 Å². The Kier molecular flexibility index (Phi) is 6.31. The predicted octanol–water partition coefficient (Wildman–Crippen LogP) is 2.24. The van der Waals surface area contributed by atoms with Crippen molar-refractivity contribution < 1.29 is 17.7 Å². The van der Waals surface area contributed by atoms with Crippen molar-refractivity contribution in [1.82, 2.24) is 4.72 Å². The van der Waals surface area contributed by atoms with Gasteiger partial charge in [0.15, 0.2) is 0 Å². The van der Waals surface area contributed by atoms with Crippen molar-refractivity contribution in [2.24, 2.45) is 0 Å². The minimum atomic E-state index is -3.90. The highest BCUT2D eigenvalue weighted by Gasteiger charge is 2.23. The Morgan fingerprint density at radius 1 is 1.52 bits per heavy atom. The van der Waals surface area contributed by atoms with E-state index in [2.05, 4.69) is 11.3 Å². The molecule has 0 radical (unpaired) electrons. The monoisotopic (exact) mass is 334 g/mol. The molecule has 0 atom stereocenters. The third kappa shape index (κ3) is 4.80. The molecule has 0 bridgehead atoms. The fraction of sp³-hybridized carbons (Fsp3) is 0.333. The topological polar surface area (TPSA) is 89.3 Å². The van der Waals surface area contributed by atoms with Crippen molar-refractivity contribution in [3.05, 3.63) is 46.3 Å². The summed E-state index contributed by atoms with van der Waals surface area (Å²) in [4.78, 5) is 9.46. The molecule has 0 unspecified atom stereocenters. The summed E-state index contributed by atoms with van der Waals surface area (Å²) < 4.78 is 39.9. The van der Waals surface area contributed by atoms with Crippen LogP contribution in [0.15, 0.2) is 29.7 Å². The van der Waals surface area contributed by atoms with Crippen molar-refractivity contribution in [2.75, 3.05) is 18.1 Å². The molecule has 0 aliphatic rings. The lowest BCUT2D eigenvalue weighted by Gasteiger charge is -2.08. The third-order valence-corrected chi connectivity index (χ3v) is 4.89. The van der Waals surface area contributed by atoms with Crippen LogP contribution < -0.4 is 4.72 Å². The van der Waals surface area contributed by atoms with Gasteiger partial charge in [-0.3, -0.25) is 10.1 Å². The van der Waals surface area contributed by atoms with Gasteiger partial charge in [-0.05, 0) is 18.6 Å². The molecule has 6 nitrogen and oxygen atoms in total.